The quantitative estimate of drug-likeness (QED) is 0.215. The second kappa shape index (κ2) is 13.4. The standard InChI is InChI=1S/C30H42FN5O6/c1-16(2)22(23(37)17-10-7-6-8-11-17)34-29(42)35-25(30(3,4)5)28(41)36-13-9-12-21(36)27(40)33-20(24(38)26(32)39)15-18-14-19(18)31/h6-8,10-11,16,18-22,25H,9,12-15H2,1-5H3,(H2,32,39)(H,33,40)(H2,34,35,42). The maximum Gasteiger partial charge on any atom is 0.316 e. The van der Waals surface area contributed by atoms with Crippen molar-refractivity contribution in [3.63, 3.8) is 0 Å². The fourth-order valence-electron chi connectivity index (χ4n) is 5.18. The minimum absolute atomic E-state index is 0.0551. The number of nitrogens with zero attached hydrogens (tertiary/aromatic N) is 1. The van der Waals surface area contributed by atoms with Gasteiger partial charge in [-0.3, -0.25) is 24.0 Å². The van der Waals surface area contributed by atoms with E-state index in [2.05, 4.69) is 16.0 Å². The van der Waals surface area contributed by atoms with Gasteiger partial charge in [-0.05, 0) is 42.9 Å². The Kier molecular flexibility index (Phi) is 10.5. The van der Waals surface area contributed by atoms with Gasteiger partial charge >= 0.3 is 6.03 Å². The molecule has 2 aliphatic rings. The van der Waals surface area contributed by atoms with E-state index in [1.165, 1.54) is 4.90 Å². The van der Waals surface area contributed by atoms with Gasteiger partial charge in [0.25, 0.3) is 5.91 Å². The number of nitrogens with one attached hydrogen (secondary N) is 3. The fourth-order valence-corrected chi connectivity index (χ4v) is 5.18. The number of primary amides is 1. The predicted octanol–water partition coefficient (Wildman–Crippen LogP) is 1.89. The average molecular weight is 588 g/mol. The van der Waals surface area contributed by atoms with Crippen molar-refractivity contribution < 1.29 is 33.2 Å². The first kappa shape index (κ1) is 32.7. The van der Waals surface area contributed by atoms with Crippen LogP contribution in [0.1, 0.15) is 70.7 Å². The lowest BCUT2D eigenvalue weighted by Gasteiger charge is -2.36. The predicted molar refractivity (Wildman–Crippen MR) is 153 cm³/mol. The molecule has 3 rings (SSSR count). The summed E-state index contributed by atoms with van der Waals surface area (Å²) < 4.78 is 13.5. The molecule has 1 aromatic carbocycles. The van der Waals surface area contributed by atoms with E-state index in [0.717, 1.165) is 0 Å². The largest absolute Gasteiger partial charge is 0.363 e. The Balaban J connectivity index is 1.73. The summed E-state index contributed by atoms with van der Waals surface area (Å²) >= 11 is 0. The molecule has 0 bridgehead atoms. The van der Waals surface area contributed by atoms with Gasteiger partial charge in [0.1, 0.15) is 18.3 Å². The van der Waals surface area contributed by atoms with Gasteiger partial charge in [-0.1, -0.05) is 65.0 Å². The summed E-state index contributed by atoms with van der Waals surface area (Å²) in [6.07, 6.45) is -0.119. The molecule has 0 spiro atoms. The van der Waals surface area contributed by atoms with Crippen molar-refractivity contribution >= 4 is 35.3 Å². The molecule has 1 aromatic rings. The average Bonchev–Trinajstić information content (AvgIpc) is 3.39. The highest BCUT2D eigenvalue weighted by molar-refractivity contribution is 6.37. The van der Waals surface area contributed by atoms with Gasteiger partial charge in [-0.2, -0.15) is 0 Å². The molecule has 2 fully saturated rings. The number of nitrogens with two attached hydrogens (primary N) is 1. The first-order chi connectivity index (χ1) is 19.6. The second-order valence-electron chi connectivity index (χ2n) is 12.6. The molecule has 5 N–H and O–H groups in total. The van der Waals surface area contributed by atoms with Gasteiger partial charge in [-0.25, -0.2) is 9.18 Å². The zero-order chi connectivity index (χ0) is 31.4. The van der Waals surface area contributed by atoms with Crippen LogP contribution in [0.4, 0.5) is 9.18 Å². The zero-order valence-corrected chi connectivity index (χ0v) is 24.8. The van der Waals surface area contributed by atoms with Crippen molar-refractivity contribution in [3.8, 4) is 0 Å². The van der Waals surface area contributed by atoms with Crippen molar-refractivity contribution in [2.75, 3.05) is 6.54 Å². The summed E-state index contributed by atoms with van der Waals surface area (Å²) in [6.45, 7) is 9.14. The first-order valence-corrected chi connectivity index (χ1v) is 14.4. The zero-order valence-electron chi connectivity index (χ0n) is 24.8. The van der Waals surface area contributed by atoms with Crippen LogP contribution < -0.4 is 21.7 Å². The molecule has 11 nitrogen and oxygen atoms in total. The third-order valence-electron chi connectivity index (χ3n) is 7.77. The Labute approximate surface area is 245 Å². The summed E-state index contributed by atoms with van der Waals surface area (Å²) in [7, 11) is 0. The molecular weight excluding hydrogens is 545 g/mol. The molecule has 6 unspecified atom stereocenters. The Bertz CT molecular complexity index is 1200. The summed E-state index contributed by atoms with van der Waals surface area (Å²) in [5.74, 6) is -4.36. The summed E-state index contributed by atoms with van der Waals surface area (Å²) in [5.41, 5.74) is 4.82. The second-order valence-corrected chi connectivity index (χ2v) is 12.6. The summed E-state index contributed by atoms with van der Waals surface area (Å²) in [6, 6.07) is 3.73. The summed E-state index contributed by atoms with van der Waals surface area (Å²) in [4.78, 5) is 78.6. The van der Waals surface area contributed by atoms with Gasteiger partial charge in [0, 0.05) is 12.1 Å². The van der Waals surface area contributed by atoms with Crippen molar-refractivity contribution in [1.82, 2.24) is 20.9 Å². The van der Waals surface area contributed by atoms with E-state index in [4.69, 9.17) is 5.73 Å². The molecule has 12 heteroatoms. The molecule has 0 radical (unpaired) electrons. The highest BCUT2D eigenvalue weighted by Crippen LogP contribution is 2.38. The number of halogens is 1. The van der Waals surface area contributed by atoms with E-state index in [0.29, 0.717) is 18.4 Å². The van der Waals surface area contributed by atoms with Crippen LogP contribution in [-0.4, -0.2) is 77.1 Å². The van der Waals surface area contributed by atoms with E-state index >= 15 is 0 Å². The molecule has 1 saturated heterocycles. The molecule has 1 heterocycles. The lowest BCUT2D eigenvalue weighted by atomic mass is 9.85. The molecule has 1 saturated carbocycles. The minimum Gasteiger partial charge on any atom is -0.363 e. The maximum absolute atomic E-state index is 13.8. The molecule has 1 aliphatic heterocycles. The third kappa shape index (κ3) is 8.13. The van der Waals surface area contributed by atoms with Crippen molar-refractivity contribution in [2.24, 2.45) is 23.0 Å². The molecule has 230 valence electrons. The Morgan fingerprint density at radius 1 is 1.02 bits per heavy atom. The molecule has 1 aliphatic carbocycles. The van der Waals surface area contributed by atoms with Gasteiger partial charge < -0.3 is 26.6 Å². The molecule has 6 atom stereocenters. The van der Waals surface area contributed by atoms with Crippen LogP contribution >= 0.6 is 0 Å². The minimum atomic E-state index is -1.28. The van der Waals surface area contributed by atoms with E-state index in [1.54, 1.807) is 65.0 Å². The number of hydrogen-bond donors (Lipinski definition) is 4. The van der Waals surface area contributed by atoms with Crippen molar-refractivity contribution in [3.05, 3.63) is 35.9 Å². The number of likely N-dealkylation sites (tertiary alicyclic amines) is 1. The number of Topliss-reactive ketones (excluding diaryl/α,β-unsaturated/α-hetero) is 2. The van der Waals surface area contributed by atoms with Gasteiger partial charge in [0.05, 0.1) is 12.1 Å². The number of carbonyl (C=O) groups is 6. The number of carbonyl (C=O) groups excluding carboxylic acids is 6. The van der Waals surface area contributed by atoms with E-state index < -0.39 is 71.2 Å². The number of hydrogen-bond acceptors (Lipinski definition) is 6. The van der Waals surface area contributed by atoms with Crippen LogP contribution in [0.5, 0.6) is 0 Å². The van der Waals surface area contributed by atoms with Crippen LogP contribution in [0, 0.1) is 17.3 Å². The lowest BCUT2D eigenvalue weighted by Crippen LogP contribution is -2.61. The van der Waals surface area contributed by atoms with Crippen LogP contribution in [0.3, 0.4) is 0 Å². The Morgan fingerprint density at radius 3 is 2.17 bits per heavy atom. The molecule has 42 heavy (non-hydrogen) atoms. The number of benzene rings is 1. The molecule has 0 aromatic heterocycles. The van der Waals surface area contributed by atoms with E-state index in [1.807, 2.05) is 0 Å². The highest BCUT2D eigenvalue weighted by atomic mass is 19.1. The van der Waals surface area contributed by atoms with Crippen molar-refractivity contribution in [2.45, 2.75) is 90.6 Å². The highest BCUT2D eigenvalue weighted by Gasteiger charge is 2.45. The van der Waals surface area contributed by atoms with Crippen LogP contribution in [0.2, 0.25) is 0 Å². The van der Waals surface area contributed by atoms with Gasteiger partial charge in [0.15, 0.2) is 5.78 Å². The fraction of sp³-hybridized carbons (Fsp3) is 0.600. The normalized spacial score (nSPS) is 22.1. The van der Waals surface area contributed by atoms with Crippen LogP contribution in [0.15, 0.2) is 30.3 Å². The SMILES string of the molecule is CC(C)C(NC(=O)NC(C(=O)N1CCCC1C(=O)NC(CC1CC1F)C(=O)C(N)=O)C(C)(C)C)C(=O)c1ccccc1. The Morgan fingerprint density at radius 2 is 1.64 bits per heavy atom. The topological polar surface area (TPSA) is 168 Å². The van der Waals surface area contributed by atoms with Crippen molar-refractivity contribution in [1.29, 1.82) is 0 Å². The molecule has 5 amide bonds. The molecular formula is C30H42FN5O6. The summed E-state index contributed by atoms with van der Waals surface area (Å²) in [5, 5.41) is 7.94. The number of urea groups is 1. The lowest BCUT2D eigenvalue weighted by molar-refractivity contribution is -0.143. The Hall–Kier alpha value is -3.83. The number of rotatable bonds is 12. The van der Waals surface area contributed by atoms with E-state index in [9.17, 15) is 33.2 Å². The number of ketones is 2. The number of amides is 5. The monoisotopic (exact) mass is 587 g/mol. The van der Waals surface area contributed by atoms with E-state index in [-0.39, 0.29) is 31.1 Å². The van der Waals surface area contributed by atoms with Gasteiger partial charge in [-0.15, -0.1) is 0 Å². The third-order valence-corrected chi connectivity index (χ3v) is 7.77. The first-order valence-electron chi connectivity index (χ1n) is 14.4. The smallest absolute Gasteiger partial charge is 0.316 e. The maximum atomic E-state index is 13.8. The van der Waals surface area contributed by atoms with Gasteiger partial charge in [0.2, 0.25) is 17.6 Å². The van der Waals surface area contributed by atoms with Crippen LogP contribution in [0.25, 0.3) is 0 Å². The number of alkyl halides is 1. The van der Waals surface area contributed by atoms with Crippen LogP contribution in [-0.2, 0) is 19.2 Å².